The van der Waals surface area contributed by atoms with Crippen LogP contribution in [-0.2, 0) is 9.53 Å². The summed E-state index contributed by atoms with van der Waals surface area (Å²) in [6, 6.07) is 3.40. The van der Waals surface area contributed by atoms with Crippen molar-refractivity contribution in [3.8, 4) is 0 Å². The van der Waals surface area contributed by atoms with E-state index < -0.39 is 0 Å². The lowest BCUT2D eigenvalue weighted by atomic mass is 10.3. The summed E-state index contributed by atoms with van der Waals surface area (Å²) in [5.74, 6) is -0.00941. The van der Waals surface area contributed by atoms with Crippen LogP contribution >= 0.6 is 11.3 Å². The maximum Gasteiger partial charge on any atom is 0.264 e. The van der Waals surface area contributed by atoms with Gasteiger partial charge >= 0.3 is 0 Å². The minimum atomic E-state index is -0.0592. The molecule has 1 aromatic rings. The van der Waals surface area contributed by atoms with Crippen LogP contribution in [0, 0.1) is 0 Å². The van der Waals surface area contributed by atoms with Crippen LogP contribution in [-0.4, -0.2) is 66.8 Å². The van der Waals surface area contributed by atoms with Gasteiger partial charge in [-0.05, 0) is 32.4 Å². The third-order valence-corrected chi connectivity index (χ3v) is 5.14. The standard InChI is InChI=1S/C17H24N2O4S/c1-3-23-12-7-16(21)18-8-4-9-19(11-10-18)17(22)15-6-5-14(24-15)13(2)20/h5-6H,3-4,7-12H2,1-2H3. The predicted molar refractivity (Wildman–Crippen MR) is 92.5 cm³/mol. The number of carbonyl (C=O) groups excluding carboxylic acids is 3. The molecule has 1 aromatic heterocycles. The number of thiophene rings is 1. The fourth-order valence-electron chi connectivity index (χ4n) is 2.63. The van der Waals surface area contributed by atoms with Crippen molar-refractivity contribution in [1.29, 1.82) is 0 Å². The van der Waals surface area contributed by atoms with Crippen LogP contribution in [0.25, 0.3) is 0 Å². The van der Waals surface area contributed by atoms with Crippen molar-refractivity contribution >= 4 is 28.9 Å². The molecule has 2 heterocycles. The van der Waals surface area contributed by atoms with E-state index in [1.165, 1.54) is 18.3 Å². The maximum atomic E-state index is 12.6. The highest BCUT2D eigenvalue weighted by molar-refractivity contribution is 7.15. The van der Waals surface area contributed by atoms with Crippen LogP contribution in [0.1, 0.15) is 46.0 Å². The molecule has 0 aromatic carbocycles. The van der Waals surface area contributed by atoms with Crippen LogP contribution in [0.2, 0.25) is 0 Å². The molecule has 1 aliphatic heterocycles. The molecule has 2 amide bonds. The molecule has 6 nitrogen and oxygen atoms in total. The van der Waals surface area contributed by atoms with Gasteiger partial charge in [0.2, 0.25) is 5.91 Å². The fraction of sp³-hybridized carbons (Fsp3) is 0.588. The minimum Gasteiger partial charge on any atom is -0.381 e. The van der Waals surface area contributed by atoms with Gasteiger partial charge in [0.1, 0.15) is 0 Å². The lowest BCUT2D eigenvalue weighted by Gasteiger charge is -2.22. The molecular weight excluding hydrogens is 328 g/mol. The van der Waals surface area contributed by atoms with E-state index in [9.17, 15) is 14.4 Å². The molecule has 7 heteroatoms. The molecule has 0 N–H and O–H groups in total. The fourth-order valence-corrected chi connectivity index (χ4v) is 3.50. The Morgan fingerprint density at radius 3 is 2.42 bits per heavy atom. The summed E-state index contributed by atoms with van der Waals surface area (Å²) in [6.07, 6.45) is 1.14. The summed E-state index contributed by atoms with van der Waals surface area (Å²) in [5, 5.41) is 0. The zero-order chi connectivity index (χ0) is 17.5. The second-order valence-corrected chi connectivity index (χ2v) is 6.78. The normalized spacial score (nSPS) is 15.2. The molecule has 0 spiro atoms. The van der Waals surface area contributed by atoms with Crippen molar-refractivity contribution in [3.63, 3.8) is 0 Å². The molecule has 132 valence electrons. The van der Waals surface area contributed by atoms with Gasteiger partial charge in [-0.15, -0.1) is 11.3 Å². The van der Waals surface area contributed by atoms with Crippen molar-refractivity contribution < 1.29 is 19.1 Å². The third kappa shape index (κ3) is 4.88. The molecule has 0 unspecified atom stereocenters. The van der Waals surface area contributed by atoms with Gasteiger partial charge in [0, 0.05) is 32.8 Å². The Morgan fingerprint density at radius 2 is 1.75 bits per heavy atom. The van der Waals surface area contributed by atoms with Gasteiger partial charge in [-0.2, -0.15) is 0 Å². The van der Waals surface area contributed by atoms with E-state index in [0.717, 1.165) is 6.42 Å². The molecular formula is C17H24N2O4S. The highest BCUT2D eigenvalue weighted by atomic mass is 32.1. The average molecular weight is 352 g/mol. The number of rotatable bonds is 6. The first-order valence-corrected chi connectivity index (χ1v) is 9.10. The molecule has 0 atom stereocenters. The number of Topliss-reactive ketones (excluding diaryl/α,β-unsaturated/α-hetero) is 1. The lowest BCUT2D eigenvalue weighted by molar-refractivity contribution is -0.132. The average Bonchev–Trinajstić information content (AvgIpc) is 2.93. The molecule has 24 heavy (non-hydrogen) atoms. The third-order valence-electron chi connectivity index (χ3n) is 3.96. The Morgan fingerprint density at radius 1 is 1.08 bits per heavy atom. The Labute approximate surface area is 146 Å². The summed E-state index contributed by atoms with van der Waals surface area (Å²) in [5.41, 5.74) is 0. The quantitative estimate of drug-likeness (QED) is 0.580. The first-order chi connectivity index (χ1) is 11.5. The van der Waals surface area contributed by atoms with Crippen molar-refractivity contribution in [3.05, 3.63) is 21.9 Å². The van der Waals surface area contributed by atoms with Gasteiger partial charge in [0.05, 0.1) is 22.8 Å². The van der Waals surface area contributed by atoms with Crippen LogP contribution in [0.4, 0.5) is 0 Å². The van der Waals surface area contributed by atoms with Crippen LogP contribution in [0.5, 0.6) is 0 Å². The Bertz CT molecular complexity index is 599. The number of ether oxygens (including phenoxy) is 1. The van der Waals surface area contributed by atoms with Crippen LogP contribution in [0.15, 0.2) is 12.1 Å². The van der Waals surface area contributed by atoms with E-state index in [4.69, 9.17) is 4.74 Å². The Kier molecular flexibility index (Phi) is 6.93. The lowest BCUT2D eigenvalue weighted by Crippen LogP contribution is -2.37. The summed E-state index contributed by atoms with van der Waals surface area (Å²) >= 11 is 1.23. The zero-order valence-electron chi connectivity index (χ0n) is 14.2. The molecule has 0 radical (unpaired) electrons. The van der Waals surface area contributed by atoms with Gasteiger partial charge in [-0.25, -0.2) is 0 Å². The summed E-state index contributed by atoms with van der Waals surface area (Å²) in [6.45, 7) is 6.81. The van der Waals surface area contributed by atoms with E-state index in [-0.39, 0.29) is 17.6 Å². The Balaban J connectivity index is 1.90. The smallest absolute Gasteiger partial charge is 0.264 e. The highest BCUT2D eigenvalue weighted by Crippen LogP contribution is 2.19. The van der Waals surface area contributed by atoms with Crippen molar-refractivity contribution in [2.75, 3.05) is 39.4 Å². The second kappa shape index (κ2) is 8.94. The first kappa shape index (κ1) is 18.6. The van der Waals surface area contributed by atoms with Gasteiger partial charge in [0.15, 0.2) is 5.78 Å². The number of amides is 2. The van der Waals surface area contributed by atoms with E-state index in [1.54, 1.807) is 17.0 Å². The second-order valence-electron chi connectivity index (χ2n) is 5.69. The summed E-state index contributed by atoms with van der Waals surface area (Å²) in [4.78, 5) is 40.9. The molecule has 0 aliphatic carbocycles. The molecule has 2 rings (SSSR count). The number of hydrogen-bond acceptors (Lipinski definition) is 5. The number of hydrogen-bond donors (Lipinski definition) is 0. The molecule has 1 saturated heterocycles. The predicted octanol–water partition coefficient (Wildman–Crippen LogP) is 2.05. The van der Waals surface area contributed by atoms with E-state index in [0.29, 0.717) is 55.6 Å². The largest absolute Gasteiger partial charge is 0.381 e. The van der Waals surface area contributed by atoms with Crippen LogP contribution in [0.3, 0.4) is 0 Å². The van der Waals surface area contributed by atoms with Gasteiger partial charge < -0.3 is 14.5 Å². The molecule has 1 aliphatic rings. The van der Waals surface area contributed by atoms with Crippen molar-refractivity contribution in [2.45, 2.75) is 26.7 Å². The van der Waals surface area contributed by atoms with Gasteiger partial charge in [-0.1, -0.05) is 0 Å². The Hall–Kier alpha value is -1.73. The number of ketones is 1. The topological polar surface area (TPSA) is 66.9 Å². The molecule has 0 bridgehead atoms. The maximum absolute atomic E-state index is 12.6. The van der Waals surface area contributed by atoms with Crippen LogP contribution < -0.4 is 0 Å². The van der Waals surface area contributed by atoms with E-state index >= 15 is 0 Å². The SMILES string of the molecule is CCOCCC(=O)N1CCCN(C(=O)c2ccc(C(C)=O)s2)CC1. The van der Waals surface area contributed by atoms with Gasteiger partial charge in [-0.3, -0.25) is 14.4 Å². The zero-order valence-corrected chi connectivity index (χ0v) is 15.1. The molecule has 1 fully saturated rings. The van der Waals surface area contributed by atoms with Crippen molar-refractivity contribution in [1.82, 2.24) is 9.80 Å². The monoisotopic (exact) mass is 352 g/mol. The first-order valence-electron chi connectivity index (χ1n) is 8.28. The highest BCUT2D eigenvalue weighted by Gasteiger charge is 2.23. The van der Waals surface area contributed by atoms with Crippen molar-refractivity contribution in [2.24, 2.45) is 0 Å². The van der Waals surface area contributed by atoms with E-state index in [1.807, 2.05) is 11.8 Å². The number of nitrogens with zero attached hydrogens (tertiary/aromatic N) is 2. The molecule has 0 saturated carbocycles. The summed E-state index contributed by atoms with van der Waals surface area (Å²) < 4.78 is 5.23. The number of carbonyl (C=O) groups is 3. The minimum absolute atomic E-state index is 0.0269. The van der Waals surface area contributed by atoms with E-state index in [2.05, 4.69) is 0 Å². The summed E-state index contributed by atoms with van der Waals surface area (Å²) in [7, 11) is 0. The van der Waals surface area contributed by atoms with Gasteiger partial charge in [0.25, 0.3) is 5.91 Å².